The van der Waals surface area contributed by atoms with Crippen molar-refractivity contribution in [3.05, 3.63) is 53.7 Å². The fraction of sp³-hybridized carbons (Fsp3) is 0.500. The van der Waals surface area contributed by atoms with E-state index in [1.807, 2.05) is 13.0 Å². The average Bonchev–Trinajstić information content (AvgIpc) is 3.50. The molecule has 2 fully saturated rings. The van der Waals surface area contributed by atoms with Gasteiger partial charge in [0.15, 0.2) is 5.82 Å². The SMILES string of the molecule is Cc1c(-c2nccc(C(=O)Nc3nc4ccc(N5CCC(N6CCN(C)CC6)CC5)cc4n3CC(C)(C)O)c2F)cnn1C. The number of aryl methyl sites for hydroxylation is 1. The maximum absolute atomic E-state index is 15.7. The number of nitrogens with zero attached hydrogens (tertiary/aromatic N) is 8. The summed E-state index contributed by atoms with van der Waals surface area (Å²) in [4.78, 5) is 29.8. The zero-order chi connectivity index (χ0) is 31.2. The number of nitrogens with one attached hydrogen (secondary N) is 1. The van der Waals surface area contributed by atoms with Crippen LogP contribution < -0.4 is 10.2 Å². The highest BCUT2D eigenvalue weighted by Crippen LogP contribution is 2.31. The first-order valence-electron chi connectivity index (χ1n) is 15.3. The third kappa shape index (κ3) is 6.06. The molecular formula is C32H42FN9O2. The number of carbonyl (C=O) groups excluding carboxylic acids is 1. The number of carbonyl (C=O) groups is 1. The van der Waals surface area contributed by atoms with Crippen LogP contribution in [-0.4, -0.2) is 103 Å². The van der Waals surface area contributed by atoms with Crippen molar-refractivity contribution in [2.45, 2.75) is 51.8 Å². The van der Waals surface area contributed by atoms with E-state index in [0.29, 0.717) is 17.1 Å². The molecule has 6 rings (SSSR count). The number of anilines is 2. The largest absolute Gasteiger partial charge is 0.389 e. The van der Waals surface area contributed by atoms with Gasteiger partial charge in [0.2, 0.25) is 5.95 Å². The molecule has 1 amide bonds. The molecule has 0 radical (unpaired) electrons. The van der Waals surface area contributed by atoms with Gasteiger partial charge in [-0.2, -0.15) is 5.10 Å². The highest BCUT2D eigenvalue weighted by atomic mass is 19.1. The summed E-state index contributed by atoms with van der Waals surface area (Å²) in [6.07, 6.45) is 5.19. The predicted molar refractivity (Wildman–Crippen MR) is 169 cm³/mol. The Bertz CT molecular complexity index is 1660. The van der Waals surface area contributed by atoms with Crippen molar-refractivity contribution in [1.82, 2.24) is 34.1 Å². The Hall–Kier alpha value is -3.87. The number of hydrogen-bond acceptors (Lipinski definition) is 8. The van der Waals surface area contributed by atoms with Crippen LogP contribution in [-0.2, 0) is 13.6 Å². The summed E-state index contributed by atoms with van der Waals surface area (Å²) in [5.74, 6) is -1.13. The number of piperazine rings is 1. The van der Waals surface area contributed by atoms with Crippen molar-refractivity contribution < 1.29 is 14.3 Å². The second-order valence-corrected chi connectivity index (χ2v) is 12.8. The first-order chi connectivity index (χ1) is 21.0. The Kier molecular flexibility index (Phi) is 8.16. The fourth-order valence-electron chi connectivity index (χ4n) is 6.33. The standard InChI is InChI=1S/C32H42FN9O2/c1-21-25(19-35-39(21)5)29-28(33)24(8-11-34-29)30(43)37-31-36-26-7-6-23(18-27(26)42(31)20-32(2,3)44)40-12-9-22(10-13-40)41-16-14-38(4)15-17-41/h6-8,11,18-19,22,44H,9-10,12-17,20H2,1-5H3,(H,36,37,43). The number of fused-ring (bicyclic) bond motifs is 1. The molecule has 0 bridgehead atoms. The number of piperidine rings is 1. The van der Waals surface area contributed by atoms with Crippen LogP contribution in [0.25, 0.3) is 22.3 Å². The number of imidazole rings is 1. The minimum absolute atomic E-state index is 0.0641. The number of benzene rings is 1. The van der Waals surface area contributed by atoms with Crippen molar-refractivity contribution >= 4 is 28.6 Å². The van der Waals surface area contributed by atoms with E-state index in [4.69, 9.17) is 4.98 Å². The lowest BCUT2D eigenvalue weighted by Gasteiger charge is -2.42. The Morgan fingerprint density at radius 2 is 1.82 bits per heavy atom. The van der Waals surface area contributed by atoms with Gasteiger partial charge in [-0.3, -0.25) is 24.7 Å². The van der Waals surface area contributed by atoms with Crippen LogP contribution in [0.4, 0.5) is 16.0 Å². The molecule has 44 heavy (non-hydrogen) atoms. The van der Waals surface area contributed by atoms with Crippen molar-refractivity contribution in [2.75, 3.05) is 56.5 Å². The molecule has 2 N–H and O–H groups in total. The number of likely N-dealkylation sites (N-methyl/N-ethyl adjacent to an activating group) is 1. The molecule has 5 heterocycles. The molecule has 2 aliphatic rings. The molecule has 0 saturated carbocycles. The Labute approximate surface area is 257 Å². The molecule has 12 heteroatoms. The van der Waals surface area contributed by atoms with Gasteiger partial charge in [-0.15, -0.1) is 0 Å². The molecule has 0 spiro atoms. The number of hydrogen-bond donors (Lipinski definition) is 2. The minimum atomic E-state index is -1.09. The topological polar surface area (TPSA) is 108 Å². The van der Waals surface area contributed by atoms with E-state index in [1.54, 1.807) is 30.1 Å². The average molecular weight is 604 g/mol. The fourth-order valence-corrected chi connectivity index (χ4v) is 6.33. The second kappa shape index (κ2) is 11.9. The van der Waals surface area contributed by atoms with Gasteiger partial charge in [0.1, 0.15) is 5.69 Å². The Morgan fingerprint density at radius 1 is 1.09 bits per heavy atom. The Morgan fingerprint density at radius 3 is 2.48 bits per heavy atom. The van der Waals surface area contributed by atoms with Crippen LogP contribution in [0.3, 0.4) is 0 Å². The van der Waals surface area contributed by atoms with E-state index in [2.05, 4.69) is 49.3 Å². The molecule has 3 aromatic heterocycles. The van der Waals surface area contributed by atoms with Crippen molar-refractivity contribution in [3.8, 4) is 11.3 Å². The molecule has 2 aliphatic heterocycles. The molecule has 11 nitrogen and oxygen atoms in total. The smallest absolute Gasteiger partial charge is 0.261 e. The van der Waals surface area contributed by atoms with Crippen molar-refractivity contribution in [3.63, 3.8) is 0 Å². The Balaban J connectivity index is 1.25. The number of amides is 1. The van der Waals surface area contributed by atoms with Gasteiger partial charge >= 0.3 is 0 Å². The zero-order valence-corrected chi connectivity index (χ0v) is 26.2. The van der Waals surface area contributed by atoms with Gasteiger partial charge in [0.05, 0.1) is 34.9 Å². The number of halogens is 1. The summed E-state index contributed by atoms with van der Waals surface area (Å²) < 4.78 is 19.1. The molecular weight excluding hydrogens is 561 g/mol. The lowest BCUT2D eigenvalue weighted by molar-refractivity contribution is 0.0630. The lowest BCUT2D eigenvalue weighted by Crippen LogP contribution is -2.52. The summed E-state index contributed by atoms with van der Waals surface area (Å²) in [7, 11) is 3.95. The molecule has 4 aromatic rings. The quantitative estimate of drug-likeness (QED) is 0.331. The van der Waals surface area contributed by atoms with Crippen LogP contribution in [0, 0.1) is 12.7 Å². The number of aromatic nitrogens is 5. The van der Waals surface area contributed by atoms with E-state index < -0.39 is 17.3 Å². The number of pyridine rings is 1. The molecule has 0 unspecified atom stereocenters. The van der Waals surface area contributed by atoms with Gasteiger partial charge in [-0.05, 0) is 64.9 Å². The number of rotatable bonds is 7. The van der Waals surface area contributed by atoms with Gasteiger partial charge in [-0.1, -0.05) is 0 Å². The summed E-state index contributed by atoms with van der Waals surface area (Å²) in [5.41, 5.74) is 2.65. The minimum Gasteiger partial charge on any atom is -0.389 e. The third-order valence-electron chi connectivity index (χ3n) is 9.01. The van der Waals surface area contributed by atoms with Crippen LogP contribution >= 0.6 is 0 Å². The molecule has 234 valence electrons. The summed E-state index contributed by atoms with van der Waals surface area (Å²) in [6, 6.07) is 8.06. The number of aliphatic hydroxyl groups is 1. The van der Waals surface area contributed by atoms with Crippen LogP contribution in [0.5, 0.6) is 0 Å². The maximum Gasteiger partial charge on any atom is 0.261 e. The van der Waals surface area contributed by atoms with Gasteiger partial charge in [-0.25, -0.2) is 9.37 Å². The van der Waals surface area contributed by atoms with Gasteiger partial charge < -0.3 is 19.5 Å². The second-order valence-electron chi connectivity index (χ2n) is 12.8. The predicted octanol–water partition coefficient (Wildman–Crippen LogP) is 3.52. The van der Waals surface area contributed by atoms with E-state index in [-0.39, 0.29) is 23.8 Å². The first kappa shape index (κ1) is 30.2. The third-order valence-corrected chi connectivity index (χ3v) is 9.01. The van der Waals surface area contributed by atoms with Crippen LogP contribution in [0.2, 0.25) is 0 Å². The van der Waals surface area contributed by atoms with E-state index in [0.717, 1.165) is 69.0 Å². The summed E-state index contributed by atoms with van der Waals surface area (Å²) >= 11 is 0. The molecule has 1 aromatic carbocycles. The lowest BCUT2D eigenvalue weighted by atomic mass is 10.0. The van der Waals surface area contributed by atoms with Crippen molar-refractivity contribution in [2.24, 2.45) is 7.05 Å². The van der Waals surface area contributed by atoms with E-state index in [1.165, 1.54) is 18.5 Å². The zero-order valence-electron chi connectivity index (χ0n) is 26.2. The van der Waals surface area contributed by atoms with Gasteiger partial charge in [0.25, 0.3) is 5.91 Å². The highest BCUT2D eigenvalue weighted by molar-refractivity contribution is 6.05. The maximum atomic E-state index is 15.7. The first-order valence-corrected chi connectivity index (χ1v) is 15.3. The summed E-state index contributed by atoms with van der Waals surface area (Å²) in [6.45, 7) is 11.9. The van der Waals surface area contributed by atoms with Crippen LogP contribution in [0.15, 0.2) is 36.7 Å². The van der Waals surface area contributed by atoms with E-state index >= 15 is 4.39 Å². The molecule has 2 saturated heterocycles. The summed E-state index contributed by atoms with van der Waals surface area (Å²) in [5, 5.41) is 17.8. The van der Waals surface area contributed by atoms with Crippen molar-refractivity contribution in [1.29, 1.82) is 0 Å². The monoisotopic (exact) mass is 603 g/mol. The highest BCUT2D eigenvalue weighted by Gasteiger charge is 2.28. The molecule has 0 aliphatic carbocycles. The molecule has 0 atom stereocenters. The van der Waals surface area contributed by atoms with Gasteiger partial charge in [0, 0.05) is 75.5 Å². The normalized spacial score (nSPS) is 17.5. The van der Waals surface area contributed by atoms with E-state index in [9.17, 15) is 9.90 Å². The van der Waals surface area contributed by atoms with Crippen LogP contribution in [0.1, 0.15) is 42.7 Å².